The average molecular weight is 459 g/mol. The van der Waals surface area contributed by atoms with Crippen molar-refractivity contribution in [3.05, 3.63) is 69.7 Å². The first-order valence-electron chi connectivity index (χ1n) is 10.2. The quantitative estimate of drug-likeness (QED) is 0.573. The van der Waals surface area contributed by atoms with E-state index in [1.807, 2.05) is 45.0 Å². The van der Waals surface area contributed by atoms with Crippen LogP contribution in [0.1, 0.15) is 50.3 Å². The number of carbonyl (C=O) groups is 2. The molecule has 2 atom stereocenters. The van der Waals surface area contributed by atoms with Crippen molar-refractivity contribution >= 4 is 27.7 Å². The molecular formula is C24H31BrN2O2. The van der Waals surface area contributed by atoms with E-state index in [4.69, 9.17) is 0 Å². The van der Waals surface area contributed by atoms with Crippen molar-refractivity contribution in [2.75, 3.05) is 0 Å². The van der Waals surface area contributed by atoms with Crippen LogP contribution in [0, 0.1) is 6.92 Å². The maximum absolute atomic E-state index is 13.1. The second-order valence-electron chi connectivity index (χ2n) is 7.63. The Hall–Kier alpha value is -2.14. The monoisotopic (exact) mass is 458 g/mol. The van der Waals surface area contributed by atoms with Gasteiger partial charge >= 0.3 is 0 Å². The zero-order valence-electron chi connectivity index (χ0n) is 17.7. The average Bonchev–Trinajstić information content (AvgIpc) is 2.70. The molecule has 2 amide bonds. The molecule has 5 heteroatoms. The van der Waals surface area contributed by atoms with Crippen molar-refractivity contribution in [2.24, 2.45) is 0 Å². The number of nitrogens with zero attached hydrogens (tertiary/aromatic N) is 1. The molecule has 0 unspecified atom stereocenters. The molecule has 0 heterocycles. The second kappa shape index (κ2) is 11.1. The summed E-state index contributed by atoms with van der Waals surface area (Å²) in [4.78, 5) is 27.5. The Kier molecular flexibility index (Phi) is 8.90. The fourth-order valence-electron chi connectivity index (χ4n) is 3.03. The van der Waals surface area contributed by atoms with Gasteiger partial charge in [0.1, 0.15) is 6.04 Å². The predicted octanol–water partition coefficient (Wildman–Crippen LogP) is 5.02. The molecule has 0 saturated carbocycles. The lowest BCUT2D eigenvalue weighted by Crippen LogP contribution is -2.49. The molecular weight excluding hydrogens is 428 g/mol. The highest BCUT2D eigenvalue weighted by Crippen LogP contribution is 2.17. The van der Waals surface area contributed by atoms with Gasteiger partial charge in [-0.05, 0) is 56.9 Å². The number of amides is 2. The molecule has 2 aromatic rings. The van der Waals surface area contributed by atoms with Crippen LogP contribution in [0.4, 0.5) is 0 Å². The molecule has 156 valence electrons. The molecule has 0 radical (unpaired) electrons. The largest absolute Gasteiger partial charge is 0.352 e. The molecule has 4 nitrogen and oxygen atoms in total. The van der Waals surface area contributed by atoms with Crippen molar-refractivity contribution in [1.82, 2.24) is 10.2 Å². The number of aryl methyl sites for hydroxylation is 2. The molecule has 0 fully saturated rings. The molecule has 0 aliphatic rings. The van der Waals surface area contributed by atoms with Crippen LogP contribution < -0.4 is 5.32 Å². The van der Waals surface area contributed by atoms with Gasteiger partial charge in [-0.25, -0.2) is 0 Å². The van der Waals surface area contributed by atoms with Crippen LogP contribution in [-0.4, -0.2) is 28.8 Å². The molecule has 0 aliphatic heterocycles. The molecule has 0 aliphatic carbocycles. The van der Waals surface area contributed by atoms with Gasteiger partial charge in [0.05, 0.1) is 0 Å². The minimum Gasteiger partial charge on any atom is -0.352 e. The first kappa shape index (κ1) is 23.1. The van der Waals surface area contributed by atoms with E-state index >= 15 is 0 Å². The van der Waals surface area contributed by atoms with E-state index in [9.17, 15) is 9.59 Å². The second-order valence-corrected chi connectivity index (χ2v) is 8.55. The fourth-order valence-corrected chi connectivity index (χ4v) is 3.48. The normalized spacial score (nSPS) is 12.9. The van der Waals surface area contributed by atoms with Crippen LogP contribution in [0.2, 0.25) is 0 Å². The highest BCUT2D eigenvalue weighted by molar-refractivity contribution is 9.10. The van der Waals surface area contributed by atoms with E-state index in [1.165, 1.54) is 5.56 Å². The molecule has 29 heavy (non-hydrogen) atoms. The maximum atomic E-state index is 13.1. The SMILES string of the molecule is CC[C@@H](C)NC(=O)[C@@H](C)N(Cc1cccc(Br)c1)C(=O)CCc1ccc(C)cc1. The first-order chi connectivity index (χ1) is 13.8. The summed E-state index contributed by atoms with van der Waals surface area (Å²) in [6, 6.07) is 15.6. The van der Waals surface area contributed by atoms with Crippen LogP contribution >= 0.6 is 15.9 Å². The van der Waals surface area contributed by atoms with E-state index in [2.05, 4.69) is 45.5 Å². The maximum Gasteiger partial charge on any atom is 0.242 e. The zero-order chi connectivity index (χ0) is 21.4. The Labute approximate surface area is 182 Å². The lowest BCUT2D eigenvalue weighted by Gasteiger charge is -2.30. The van der Waals surface area contributed by atoms with Gasteiger partial charge in [0.15, 0.2) is 0 Å². The third-order valence-electron chi connectivity index (χ3n) is 5.16. The number of carbonyl (C=O) groups excluding carboxylic acids is 2. The van der Waals surface area contributed by atoms with Gasteiger partial charge in [0.25, 0.3) is 0 Å². The summed E-state index contributed by atoms with van der Waals surface area (Å²) in [6.45, 7) is 8.26. The van der Waals surface area contributed by atoms with Gasteiger partial charge in [-0.1, -0.05) is 64.8 Å². The molecule has 0 aromatic heterocycles. The van der Waals surface area contributed by atoms with E-state index < -0.39 is 6.04 Å². The Bertz CT molecular complexity index is 820. The molecule has 2 aromatic carbocycles. The highest BCUT2D eigenvalue weighted by Gasteiger charge is 2.26. The highest BCUT2D eigenvalue weighted by atomic mass is 79.9. The zero-order valence-corrected chi connectivity index (χ0v) is 19.3. The van der Waals surface area contributed by atoms with Crippen LogP contribution in [0.3, 0.4) is 0 Å². The van der Waals surface area contributed by atoms with Gasteiger partial charge in [-0.15, -0.1) is 0 Å². The standard InChI is InChI=1S/C24H31BrN2O2/c1-5-18(3)26-24(29)19(4)27(16-21-7-6-8-22(25)15-21)23(28)14-13-20-11-9-17(2)10-12-20/h6-12,15,18-19H,5,13-14,16H2,1-4H3,(H,26,29)/t18-,19-/m1/s1. The van der Waals surface area contributed by atoms with Crippen LogP contribution in [0.25, 0.3) is 0 Å². The predicted molar refractivity (Wildman–Crippen MR) is 122 cm³/mol. The number of hydrogen-bond donors (Lipinski definition) is 1. The fraction of sp³-hybridized carbons (Fsp3) is 0.417. The first-order valence-corrected chi connectivity index (χ1v) is 11.0. The lowest BCUT2D eigenvalue weighted by atomic mass is 10.1. The summed E-state index contributed by atoms with van der Waals surface area (Å²) in [5, 5.41) is 3.00. The molecule has 0 bridgehead atoms. The number of hydrogen-bond acceptors (Lipinski definition) is 2. The number of halogens is 1. The number of benzene rings is 2. The molecule has 0 saturated heterocycles. The summed E-state index contributed by atoms with van der Waals surface area (Å²) in [5.41, 5.74) is 3.32. The van der Waals surface area contributed by atoms with Crippen molar-refractivity contribution < 1.29 is 9.59 Å². The molecule has 1 N–H and O–H groups in total. The summed E-state index contributed by atoms with van der Waals surface area (Å²) in [5.74, 6) is -0.129. The summed E-state index contributed by atoms with van der Waals surface area (Å²) < 4.78 is 0.957. The van der Waals surface area contributed by atoms with Crippen LogP contribution in [0.15, 0.2) is 53.0 Å². The van der Waals surface area contributed by atoms with Gasteiger partial charge in [-0.2, -0.15) is 0 Å². The van der Waals surface area contributed by atoms with E-state index in [0.717, 1.165) is 22.0 Å². The molecule has 0 spiro atoms. The topological polar surface area (TPSA) is 49.4 Å². The molecule has 2 rings (SSSR count). The van der Waals surface area contributed by atoms with Crippen LogP contribution in [-0.2, 0) is 22.6 Å². The summed E-state index contributed by atoms with van der Waals surface area (Å²) >= 11 is 3.48. The Morgan fingerprint density at radius 1 is 1.07 bits per heavy atom. The van der Waals surface area contributed by atoms with Gasteiger partial charge < -0.3 is 10.2 Å². The summed E-state index contributed by atoms with van der Waals surface area (Å²) in [7, 11) is 0. The third kappa shape index (κ3) is 7.32. The third-order valence-corrected chi connectivity index (χ3v) is 5.65. The number of nitrogens with one attached hydrogen (secondary N) is 1. The van der Waals surface area contributed by atoms with E-state index in [-0.39, 0.29) is 17.9 Å². The van der Waals surface area contributed by atoms with Gasteiger partial charge in [-0.3, -0.25) is 9.59 Å². The van der Waals surface area contributed by atoms with Crippen LogP contribution in [0.5, 0.6) is 0 Å². The van der Waals surface area contributed by atoms with Gasteiger partial charge in [0.2, 0.25) is 11.8 Å². The van der Waals surface area contributed by atoms with Crippen molar-refractivity contribution in [3.63, 3.8) is 0 Å². The Morgan fingerprint density at radius 2 is 1.76 bits per heavy atom. The minimum atomic E-state index is -0.534. The lowest BCUT2D eigenvalue weighted by molar-refractivity contribution is -0.140. The Balaban J connectivity index is 2.14. The van der Waals surface area contributed by atoms with Crippen molar-refractivity contribution in [2.45, 2.75) is 65.6 Å². The summed E-state index contributed by atoms with van der Waals surface area (Å²) in [6.07, 6.45) is 1.89. The van der Waals surface area contributed by atoms with Crippen molar-refractivity contribution in [1.29, 1.82) is 0 Å². The van der Waals surface area contributed by atoms with Gasteiger partial charge in [0, 0.05) is 23.5 Å². The minimum absolute atomic E-state index is 0.0163. The smallest absolute Gasteiger partial charge is 0.242 e. The van der Waals surface area contributed by atoms with E-state index in [1.54, 1.807) is 11.8 Å². The van der Waals surface area contributed by atoms with Crippen molar-refractivity contribution in [3.8, 4) is 0 Å². The number of rotatable bonds is 9. The van der Waals surface area contributed by atoms with E-state index in [0.29, 0.717) is 19.4 Å². The Morgan fingerprint density at radius 3 is 2.38 bits per heavy atom.